The highest BCUT2D eigenvalue weighted by Crippen LogP contribution is 2.55. The van der Waals surface area contributed by atoms with E-state index in [1.807, 2.05) is 0 Å². The van der Waals surface area contributed by atoms with Crippen LogP contribution in [0.2, 0.25) is 0 Å². The standard InChI is InChI=1S/C14H29N/c1-5-6-7-8-14(4)9-13(14)11-15-10-12(2)3/h12-13,15H,5-11H2,1-4H3. The first kappa shape index (κ1) is 13.0. The second-order valence-electron chi connectivity index (χ2n) is 6.06. The van der Waals surface area contributed by atoms with Crippen molar-refractivity contribution in [3.05, 3.63) is 0 Å². The minimum absolute atomic E-state index is 0.694. The van der Waals surface area contributed by atoms with Gasteiger partial charge in [-0.1, -0.05) is 47.0 Å². The summed E-state index contributed by atoms with van der Waals surface area (Å²) >= 11 is 0. The van der Waals surface area contributed by atoms with Crippen LogP contribution in [0.1, 0.15) is 59.8 Å². The summed E-state index contributed by atoms with van der Waals surface area (Å²) in [5, 5.41) is 3.59. The molecule has 0 spiro atoms. The molecule has 0 radical (unpaired) electrons. The molecule has 0 aliphatic heterocycles. The van der Waals surface area contributed by atoms with Gasteiger partial charge in [0.1, 0.15) is 0 Å². The highest BCUT2D eigenvalue weighted by Gasteiger charge is 2.48. The Morgan fingerprint density at radius 2 is 2.07 bits per heavy atom. The summed E-state index contributed by atoms with van der Waals surface area (Å²) in [5.41, 5.74) is 0.694. The highest BCUT2D eigenvalue weighted by molar-refractivity contribution is 4.99. The van der Waals surface area contributed by atoms with Gasteiger partial charge in [0, 0.05) is 0 Å². The average Bonchev–Trinajstić information content (AvgIpc) is 2.77. The van der Waals surface area contributed by atoms with Crippen LogP contribution in [-0.2, 0) is 0 Å². The van der Waals surface area contributed by atoms with Gasteiger partial charge in [0.2, 0.25) is 0 Å². The van der Waals surface area contributed by atoms with Gasteiger partial charge in [0.05, 0.1) is 0 Å². The summed E-state index contributed by atoms with van der Waals surface area (Å²) in [6, 6.07) is 0. The van der Waals surface area contributed by atoms with E-state index in [0.717, 1.165) is 11.8 Å². The largest absolute Gasteiger partial charge is 0.316 e. The topological polar surface area (TPSA) is 12.0 Å². The van der Waals surface area contributed by atoms with E-state index in [1.165, 1.54) is 45.2 Å². The third-order valence-electron chi connectivity index (χ3n) is 3.83. The van der Waals surface area contributed by atoms with Crippen molar-refractivity contribution < 1.29 is 0 Å². The third kappa shape index (κ3) is 4.55. The Kier molecular flexibility index (Phi) is 5.11. The number of hydrogen-bond donors (Lipinski definition) is 1. The SMILES string of the molecule is CCCCCC1(C)CC1CNCC(C)C. The zero-order valence-electron chi connectivity index (χ0n) is 11.1. The molecule has 1 aliphatic carbocycles. The number of hydrogen-bond acceptors (Lipinski definition) is 1. The molecule has 1 saturated carbocycles. The van der Waals surface area contributed by atoms with Crippen LogP contribution in [0.3, 0.4) is 0 Å². The van der Waals surface area contributed by atoms with Crippen LogP contribution in [-0.4, -0.2) is 13.1 Å². The predicted octanol–water partition coefficient (Wildman–Crippen LogP) is 3.84. The van der Waals surface area contributed by atoms with Crippen molar-refractivity contribution in [2.75, 3.05) is 13.1 Å². The normalized spacial score (nSPS) is 29.8. The molecular formula is C14H29N. The highest BCUT2D eigenvalue weighted by atomic mass is 14.9. The lowest BCUT2D eigenvalue weighted by Crippen LogP contribution is -2.23. The molecule has 2 unspecified atom stereocenters. The first-order valence-electron chi connectivity index (χ1n) is 6.79. The van der Waals surface area contributed by atoms with Crippen LogP contribution >= 0.6 is 0 Å². The lowest BCUT2D eigenvalue weighted by Gasteiger charge is -2.12. The van der Waals surface area contributed by atoms with Gasteiger partial charge in [-0.05, 0) is 43.2 Å². The van der Waals surface area contributed by atoms with Crippen LogP contribution in [0.25, 0.3) is 0 Å². The van der Waals surface area contributed by atoms with Crippen LogP contribution in [0.5, 0.6) is 0 Å². The van der Waals surface area contributed by atoms with Gasteiger partial charge in [0.25, 0.3) is 0 Å². The maximum absolute atomic E-state index is 3.59. The summed E-state index contributed by atoms with van der Waals surface area (Å²) in [7, 11) is 0. The molecule has 0 aromatic heterocycles. The fourth-order valence-corrected chi connectivity index (χ4v) is 2.45. The zero-order chi connectivity index (χ0) is 11.3. The van der Waals surface area contributed by atoms with Gasteiger partial charge in [-0.2, -0.15) is 0 Å². The molecule has 15 heavy (non-hydrogen) atoms. The molecule has 0 aromatic carbocycles. The van der Waals surface area contributed by atoms with Crippen molar-refractivity contribution in [1.82, 2.24) is 5.32 Å². The maximum Gasteiger partial charge on any atom is -0.00150 e. The molecule has 1 N–H and O–H groups in total. The van der Waals surface area contributed by atoms with Crippen LogP contribution in [0, 0.1) is 17.3 Å². The Hall–Kier alpha value is -0.0400. The molecule has 1 heteroatoms. The second kappa shape index (κ2) is 5.89. The Morgan fingerprint density at radius 1 is 1.33 bits per heavy atom. The van der Waals surface area contributed by atoms with E-state index in [-0.39, 0.29) is 0 Å². The summed E-state index contributed by atoms with van der Waals surface area (Å²) in [5.74, 6) is 1.75. The molecule has 1 nitrogen and oxygen atoms in total. The molecule has 90 valence electrons. The van der Waals surface area contributed by atoms with E-state index in [0.29, 0.717) is 5.41 Å². The van der Waals surface area contributed by atoms with Gasteiger partial charge in [-0.3, -0.25) is 0 Å². The molecule has 1 fully saturated rings. The van der Waals surface area contributed by atoms with Gasteiger partial charge in [-0.25, -0.2) is 0 Å². The Labute approximate surface area is 96.0 Å². The molecule has 0 saturated heterocycles. The number of rotatable bonds is 8. The van der Waals surface area contributed by atoms with Crippen molar-refractivity contribution in [3.63, 3.8) is 0 Å². The van der Waals surface area contributed by atoms with Crippen molar-refractivity contribution in [3.8, 4) is 0 Å². The molecule has 0 bridgehead atoms. The maximum atomic E-state index is 3.59. The molecule has 0 aromatic rings. The molecule has 2 atom stereocenters. The Balaban J connectivity index is 2.04. The van der Waals surface area contributed by atoms with Gasteiger partial charge in [-0.15, -0.1) is 0 Å². The molecule has 1 rings (SSSR count). The number of nitrogens with one attached hydrogen (secondary N) is 1. The molecule has 0 heterocycles. The summed E-state index contributed by atoms with van der Waals surface area (Å²) < 4.78 is 0. The van der Waals surface area contributed by atoms with E-state index in [1.54, 1.807) is 0 Å². The monoisotopic (exact) mass is 211 g/mol. The van der Waals surface area contributed by atoms with E-state index in [4.69, 9.17) is 0 Å². The zero-order valence-corrected chi connectivity index (χ0v) is 11.1. The van der Waals surface area contributed by atoms with Crippen LogP contribution < -0.4 is 5.32 Å². The first-order chi connectivity index (χ1) is 7.08. The van der Waals surface area contributed by atoms with E-state index >= 15 is 0 Å². The summed E-state index contributed by atoms with van der Waals surface area (Å²) in [6.45, 7) is 11.8. The predicted molar refractivity (Wildman–Crippen MR) is 68.1 cm³/mol. The van der Waals surface area contributed by atoms with Crippen LogP contribution in [0.15, 0.2) is 0 Å². The second-order valence-corrected chi connectivity index (χ2v) is 6.06. The van der Waals surface area contributed by atoms with Crippen molar-refractivity contribution >= 4 is 0 Å². The smallest absolute Gasteiger partial charge is 0.00150 e. The quantitative estimate of drug-likeness (QED) is 0.602. The molecule has 1 aliphatic rings. The summed E-state index contributed by atoms with van der Waals surface area (Å²) in [6.07, 6.45) is 7.12. The van der Waals surface area contributed by atoms with Crippen molar-refractivity contribution in [2.45, 2.75) is 59.8 Å². The van der Waals surface area contributed by atoms with Gasteiger partial charge < -0.3 is 5.32 Å². The van der Waals surface area contributed by atoms with E-state index in [2.05, 4.69) is 33.0 Å². The van der Waals surface area contributed by atoms with Gasteiger partial charge in [0.15, 0.2) is 0 Å². The van der Waals surface area contributed by atoms with Gasteiger partial charge >= 0.3 is 0 Å². The lowest BCUT2D eigenvalue weighted by molar-refractivity contribution is 0.416. The van der Waals surface area contributed by atoms with Crippen LogP contribution in [0.4, 0.5) is 0 Å². The fourth-order valence-electron chi connectivity index (χ4n) is 2.45. The minimum atomic E-state index is 0.694. The fraction of sp³-hybridized carbons (Fsp3) is 1.00. The number of unbranched alkanes of at least 4 members (excludes halogenated alkanes) is 2. The minimum Gasteiger partial charge on any atom is -0.316 e. The van der Waals surface area contributed by atoms with Crippen molar-refractivity contribution in [1.29, 1.82) is 0 Å². The molecular weight excluding hydrogens is 182 g/mol. The Morgan fingerprint density at radius 3 is 2.67 bits per heavy atom. The summed E-state index contributed by atoms with van der Waals surface area (Å²) in [4.78, 5) is 0. The Bertz CT molecular complexity index is 176. The van der Waals surface area contributed by atoms with E-state index < -0.39 is 0 Å². The van der Waals surface area contributed by atoms with Crippen molar-refractivity contribution in [2.24, 2.45) is 17.3 Å². The lowest BCUT2D eigenvalue weighted by atomic mass is 9.98. The first-order valence-corrected chi connectivity index (χ1v) is 6.79. The average molecular weight is 211 g/mol. The third-order valence-corrected chi connectivity index (χ3v) is 3.83. The van der Waals surface area contributed by atoms with E-state index in [9.17, 15) is 0 Å². The molecule has 0 amide bonds.